The Hall–Kier alpha value is -2.34. The molecule has 2 aliphatic rings. The Balaban J connectivity index is 1.31. The molecule has 148 valence electrons. The van der Waals surface area contributed by atoms with Crippen molar-refractivity contribution in [2.45, 2.75) is 31.1 Å². The lowest BCUT2D eigenvalue weighted by molar-refractivity contribution is 0.0669. The van der Waals surface area contributed by atoms with E-state index in [1.807, 2.05) is 33.4 Å². The van der Waals surface area contributed by atoms with Gasteiger partial charge in [-0.15, -0.1) is 11.3 Å². The third-order valence-corrected chi connectivity index (χ3v) is 6.97. The van der Waals surface area contributed by atoms with Crippen LogP contribution >= 0.6 is 11.3 Å². The van der Waals surface area contributed by atoms with Crippen LogP contribution in [-0.4, -0.2) is 54.5 Å². The predicted octanol–water partition coefficient (Wildman–Crippen LogP) is 3.73. The van der Waals surface area contributed by atoms with Crippen LogP contribution in [0, 0.1) is 0 Å². The summed E-state index contributed by atoms with van der Waals surface area (Å²) in [5.74, 6) is 0.0732. The van der Waals surface area contributed by atoms with Crippen molar-refractivity contribution in [3.63, 3.8) is 0 Å². The average molecular weight is 398 g/mol. The standard InChI is InChI=1S/C22H27N3O2S/c26-20(19-9-6-16-28-19)24-12-14-25(15-13-24)21(27)23-17-22(10-4-5-11-22)18-7-2-1-3-8-18/h1-3,6-9,16H,4-5,10-15,17H2,(H,23,27). The Labute approximate surface area is 170 Å². The van der Waals surface area contributed by atoms with Crippen LogP contribution in [0.15, 0.2) is 47.8 Å². The van der Waals surface area contributed by atoms with Gasteiger partial charge in [-0.05, 0) is 29.9 Å². The second-order valence-corrected chi connectivity index (χ2v) is 8.72. The van der Waals surface area contributed by atoms with E-state index in [2.05, 4.69) is 29.6 Å². The van der Waals surface area contributed by atoms with Crippen LogP contribution in [0.2, 0.25) is 0 Å². The van der Waals surface area contributed by atoms with E-state index in [1.165, 1.54) is 29.7 Å². The van der Waals surface area contributed by atoms with Crippen molar-refractivity contribution in [3.05, 3.63) is 58.3 Å². The summed E-state index contributed by atoms with van der Waals surface area (Å²) in [6.45, 7) is 3.04. The van der Waals surface area contributed by atoms with Crippen LogP contribution in [0.25, 0.3) is 0 Å². The number of benzene rings is 1. The lowest BCUT2D eigenvalue weighted by Gasteiger charge is -2.36. The summed E-state index contributed by atoms with van der Waals surface area (Å²) in [5, 5.41) is 5.11. The minimum absolute atomic E-state index is 0.00886. The van der Waals surface area contributed by atoms with Gasteiger partial charge in [-0.2, -0.15) is 0 Å². The number of amides is 3. The van der Waals surface area contributed by atoms with Crippen LogP contribution in [0.5, 0.6) is 0 Å². The number of urea groups is 1. The van der Waals surface area contributed by atoms with Crippen LogP contribution in [0.3, 0.4) is 0 Å². The van der Waals surface area contributed by atoms with Gasteiger partial charge in [-0.25, -0.2) is 4.79 Å². The zero-order chi connectivity index (χ0) is 19.4. The Morgan fingerprint density at radius 1 is 0.929 bits per heavy atom. The van der Waals surface area contributed by atoms with Crippen molar-refractivity contribution in [2.75, 3.05) is 32.7 Å². The molecule has 6 heteroatoms. The summed E-state index contributed by atoms with van der Waals surface area (Å²) < 4.78 is 0. The van der Waals surface area contributed by atoms with Gasteiger partial charge in [-0.1, -0.05) is 49.2 Å². The van der Waals surface area contributed by atoms with Crippen molar-refractivity contribution in [1.29, 1.82) is 0 Å². The molecular weight excluding hydrogens is 370 g/mol. The molecular formula is C22H27N3O2S. The average Bonchev–Trinajstić information content (AvgIpc) is 3.45. The van der Waals surface area contributed by atoms with E-state index in [1.54, 1.807) is 0 Å². The van der Waals surface area contributed by atoms with Gasteiger partial charge in [0.2, 0.25) is 0 Å². The summed E-state index contributed by atoms with van der Waals surface area (Å²) in [6, 6.07) is 14.3. The Morgan fingerprint density at radius 3 is 2.25 bits per heavy atom. The van der Waals surface area contributed by atoms with E-state index in [4.69, 9.17) is 0 Å². The van der Waals surface area contributed by atoms with E-state index in [9.17, 15) is 9.59 Å². The van der Waals surface area contributed by atoms with Gasteiger partial charge in [0.05, 0.1) is 4.88 Å². The summed E-state index contributed by atoms with van der Waals surface area (Å²) in [7, 11) is 0. The molecule has 2 fully saturated rings. The first-order valence-electron chi connectivity index (χ1n) is 10.1. The third-order valence-electron chi connectivity index (χ3n) is 6.11. The SMILES string of the molecule is O=C(NCC1(c2ccccc2)CCCC1)N1CCN(C(=O)c2cccs2)CC1. The monoisotopic (exact) mass is 397 g/mol. The number of nitrogens with zero attached hydrogens (tertiary/aromatic N) is 2. The Bertz CT molecular complexity index is 792. The molecule has 2 heterocycles. The molecule has 0 spiro atoms. The topological polar surface area (TPSA) is 52.7 Å². The first-order valence-corrected chi connectivity index (χ1v) is 11.0. The molecule has 0 radical (unpaired) electrons. The van der Waals surface area contributed by atoms with Crippen LogP contribution < -0.4 is 5.32 Å². The molecule has 1 saturated heterocycles. The van der Waals surface area contributed by atoms with Gasteiger partial charge < -0.3 is 15.1 Å². The van der Waals surface area contributed by atoms with E-state index in [0.29, 0.717) is 32.7 Å². The van der Waals surface area contributed by atoms with Gasteiger partial charge in [0.1, 0.15) is 0 Å². The summed E-state index contributed by atoms with van der Waals surface area (Å²) in [5.41, 5.74) is 1.40. The highest BCUT2D eigenvalue weighted by Crippen LogP contribution is 2.40. The van der Waals surface area contributed by atoms with Crippen molar-refractivity contribution >= 4 is 23.3 Å². The molecule has 1 aromatic heterocycles. The fraction of sp³-hybridized carbons (Fsp3) is 0.455. The highest BCUT2D eigenvalue weighted by Gasteiger charge is 2.36. The highest BCUT2D eigenvalue weighted by molar-refractivity contribution is 7.12. The van der Waals surface area contributed by atoms with Crippen LogP contribution in [0.4, 0.5) is 4.79 Å². The van der Waals surface area contributed by atoms with Crippen molar-refractivity contribution in [2.24, 2.45) is 0 Å². The maximum absolute atomic E-state index is 12.7. The number of nitrogens with one attached hydrogen (secondary N) is 1. The fourth-order valence-electron chi connectivity index (χ4n) is 4.44. The van der Waals surface area contributed by atoms with E-state index >= 15 is 0 Å². The van der Waals surface area contributed by atoms with Gasteiger partial charge in [0.25, 0.3) is 5.91 Å². The lowest BCUT2D eigenvalue weighted by Crippen LogP contribution is -2.54. The number of thiophene rings is 1. The molecule has 1 saturated carbocycles. The predicted molar refractivity (Wildman–Crippen MR) is 112 cm³/mol. The molecule has 1 N–H and O–H groups in total. The fourth-order valence-corrected chi connectivity index (χ4v) is 5.13. The van der Waals surface area contributed by atoms with Gasteiger partial charge in [0, 0.05) is 38.1 Å². The smallest absolute Gasteiger partial charge is 0.317 e. The molecule has 4 rings (SSSR count). The second kappa shape index (κ2) is 8.35. The van der Waals surface area contributed by atoms with Gasteiger partial charge in [-0.3, -0.25) is 4.79 Å². The number of hydrogen-bond donors (Lipinski definition) is 1. The molecule has 1 aromatic carbocycles. The normalized spacial score (nSPS) is 18.9. The molecule has 2 aromatic rings. The second-order valence-electron chi connectivity index (χ2n) is 7.77. The minimum Gasteiger partial charge on any atom is -0.337 e. The van der Waals surface area contributed by atoms with Crippen LogP contribution in [-0.2, 0) is 5.41 Å². The Kier molecular flexibility index (Phi) is 5.67. The van der Waals surface area contributed by atoms with Gasteiger partial charge in [0.15, 0.2) is 0 Å². The number of carbonyl (C=O) groups excluding carboxylic acids is 2. The van der Waals surface area contributed by atoms with E-state index < -0.39 is 0 Å². The lowest BCUT2D eigenvalue weighted by atomic mass is 9.79. The van der Waals surface area contributed by atoms with Crippen molar-refractivity contribution < 1.29 is 9.59 Å². The van der Waals surface area contributed by atoms with Crippen molar-refractivity contribution in [3.8, 4) is 0 Å². The molecule has 0 atom stereocenters. The number of rotatable bonds is 4. The molecule has 5 nitrogen and oxygen atoms in total. The first kappa shape index (κ1) is 19.0. The number of piperazine rings is 1. The maximum Gasteiger partial charge on any atom is 0.317 e. The maximum atomic E-state index is 12.7. The van der Waals surface area contributed by atoms with Crippen LogP contribution in [0.1, 0.15) is 40.9 Å². The molecule has 3 amide bonds. The molecule has 1 aliphatic carbocycles. The van der Waals surface area contributed by atoms with Gasteiger partial charge >= 0.3 is 6.03 Å². The van der Waals surface area contributed by atoms with Crippen molar-refractivity contribution in [1.82, 2.24) is 15.1 Å². The van der Waals surface area contributed by atoms with E-state index in [0.717, 1.165) is 17.7 Å². The minimum atomic E-state index is -0.00886. The van der Waals surface area contributed by atoms with E-state index in [-0.39, 0.29) is 17.4 Å². The third kappa shape index (κ3) is 3.92. The first-order chi connectivity index (χ1) is 13.7. The Morgan fingerprint density at radius 2 is 1.61 bits per heavy atom. The number of carbonyl (C=O) groups is 2. The largest absolute Gasteiger partial charge is 0.337 e. The zero-order valence-corrected chi connectivity index (χ0v) is 16.9. The number of hydrogen-bond acceptors (Lipinski definition) is 3. The molecule has 0 unspecified atom stereocenters. The zero-order valence-electron chi connectivity index (χ0n) is 16.1. The highest BCUT2D eigenvalue weighted by atomic mass is 32.1. The summed E-state index contributed by atoms with van der Waals surface area (Å²) in [4.78, 5) is 29.7. The summed E-state index contributed by atoms with van der Waals surface area (Å²) in [6.07, 6.45) is 4.68. The molecule has 0 bridgehead atoms. The molecule has 28 heavy (non-hydrogen) atoms. The summed E-state index contributed by atoms with van der Waals surface area (Å²) >= 11 is 1.47. The molecule has 1 aliphatic heterocycles. The quantitative estimate of drug-likeness (QED) is 0.855.